The van der Waals surface area contributed by atoms with Gasteiger partial charge in [0, 0.05) is 12.0 Å². The van der Waals surface area contributed by atoms with Crippen molar-refractivity contribution in [1.82, 2.24) is 14.2 Å². The van der Waals surface area contributed by atoms with E-state index in [1.54, 1.807) is 26.0 Å². The Morgan fingerprint density at radius 2 is 2.12 bits per heavy atom. The van der Waals surface area contributed by atoms with Crippen LogP contribution in [0.25, 0.3) is 5.70 Å². The molecule has 0 saturated heterocycles. The van der Waals surface area contributed by atoms with Crippen LogP contribution in [0.2, 0.25) is 0 Å². The van der Waals surface area contributed by atoms with Crippen molar-refractivity contribution in [1.29, 1.82) is 0 Å². The normalized spacial score (nSPS) is 29.8. The van der Waals surface area contributed by atoms with Gasteiger partial charge in [-0.15, -0.1) is 11.8 Å². The molecule has 0 bridgehead atoms. The van der Waals surface area contributed by atoms with Crippen LogP contribution in [-0.4, -0.2) is 35.1 Å². The third-order valence-electron chi connectivity index (χ3n) is 5.42. The zero-order valence-electron chi connectivity index (χ0n) is 15.4. The molecule has 1 spiro atoms. The Labute approximate surface area is 152 Å². The molecule has 5 nitrogen and oxygen atoms in total. The summed E-state index contributed by atoms with van der Waals surface area (Å²) in [7, 11) is 3.52. The van der Waals surface area contributed by atoms with E-state index >= 15 is 0 Å². The van der Waals surface area contributed by atoms with E-state index in [4.69, 9.17) is 14.6 Å². The summed E-state index contributed by atoms with van der Waals surface area (Å²) in [5.74, 6) is 2.88. The monoisotopic (exact) mass is 358 g/mol. The first-order valence-electron chi connectivity index (χ1n) is 8.55. The number of aromatic nitrogens is 2. The molecule has 132 valence electrons. The minimum atomic E-state index is -0.341. The summed E-state index contributed by atoms with van der Waals surface area (Å²) in [6.07, 6.45) is 11.3. The summed E-state index contributed by atoms with van der Waals surface area (Å²) < 4.78 is 8.28. The van der Waals surface area contributed by atoms with Crippen molar-refractivity contribution < 1.29 is 9.57 Å². The van der Waals surface area contributed by atoms with E-state index in [0.717, 1.165) is 34.5 Å². The quantitative estimate of drug-likeness (QED) is 0.595. The number of rotatable bonds is 4. The molecule has 0 saturated carbocycles. The van der Waals surface area contributed by atoms with Gasteiger partial charge in [0.25, 0.3) is 0 Å². The Bertz CT molecular complexity index is 864. The fourth-order valence-corrected chi connectivity index (χ4v) is 5.35. The number of nitrogens with zero attached hydrogens (tertiary/aromatic N) is 3. The zero-order chi connectivity index (χ0) is 17.8. The van der Waals surface area contributed by atoms with Gasteiger partial charge in [-0.3, -0.25) is 0 Å². The smallest absolute Gasteiger partial charge is 0.354 e. The summed E-state index contributed by atoms with van der Waals surface area (Å²) in [4.78, 5) is 10.9. The molecule has 2 atom stereocenters. The second kappa shape index (κ2) is 5.62. The van der Waals surface area contributed by atoms with E-state index in [-0.39, 0.29) is 10.2 Å². The molecule has 3 heterocycles. The van der Waals surface area contributed by atoms with Gasteiger partial charge in [-0.1, -0.05) is 17.6 Å². The molecule has 2 unspecified atom stereocenters. The average Bonchev–Trinajstić information content (AvgIpc) is 3.10. The molecule has 1 aliphatic carbocycles. The standard InChI is InChI=1S/C19H24N3O2S/c1-6-25-15-12-20-18-21(15)17-14(3)16(23-4)13(2)11-19(17)9-7-8-10-22(18,19)24-5/h7-10,12H,6,11H2,1-5H3/q+1. The first-order chi connectivity index (χ1) is 12.1. The largest absolute Gasteiger partial charge is 0.496 e. The molecule has 4 rings (SSSR count). The minimum absolute atomic E-state index is 0.259. The lowest BCUT2D eigenvalue weighted by molar-refractivity contribution is -0.118. The van der Waals surface area contributed by atoms with Crippen LogP contribution in [0.5, 0.6) is 0 Å². The van der Waals surface area contributed by atoms with Crippen LogP contribution in [0.3, 0.4) is 0 Å². The molecule has 2 aliphatic heterocycles. The van der Waals surface area contributed by atoms with Crippen LogP contribution in [0, 0.1) is 0 Å². The summed E-state index contributed by atoms with van der Waals surface area (Å²) >= 11 is 1.80. The van der Waals surface area contributed by atoms with E-state index in [0.29, 0.717) is 0 Å². The highest BCUT2D eigenvalue weighted by atomic mass is 32.2. The van der Waals surface area contributed by atoms with Gasteiger partial charge in [-0.05, 0) is 37.3 Å². The van der Waals surface area contributed by atoms with Gasteiger partial charge < -0.3 is 4.74 Å². The average molecular weight is 358 g/mol. The predicted molar refractivity (Wildman–Crippen MR) is 102 cm³/mol. The molecule has 6 heteroatoms. The lowest BCUT2D eigenvalue weighted by atomic mass is 9.78. The number of hydrogen-bond acceptors (Lipinski definition) is 4. The van der Waals surface area contributed by atoms with Crippen molar-refractivity contribution >= 4 is 23.4 Å². The van der Waals surface area contributed by atoms with Crippen LogP contribution < -0.4 is 4.65 Å². The van der Waals surface area contributed by atoms with Gasteiger partial charge in [0.1, 0.15) is 22.7 Å². The maximum absolute atomic E-state index is 6.16. The Hall–Kier alpha value is -1.76. The van der Waals surface area contributed by atoms with Gasteiger partial charge >= 0.3 is 5.95 Å². The summed E-state index contributed by atoms with van der Waals surface area (Å²) in [5.41, 5.74) is 3.26. The molecular weight excluding hydrogens is 334 g/mol. The molecule has 1 aromatic heterocycles. The lowest BCUT2D eigenvalue weighted by Crippen LogP contribution is -2.60. The highest BCUT2D eigenvalue weighted by Gasteiger charge is 2.66. The fraction of sp³-hybridized carbons (Fsp3) is 0.421. The van der Waals surface area contributed by atoms with Crippen LogP contribution in [-0.2, 0) is 9.57 Å². The number of fused-ring (bicyclic) bond motifs is 3. The van der Waals surface area contributed by atoms with Crippen molar-refractivity contribution in [2.75, 3.05) is 20.0 Å². The fourth-order valence-electron chi connectivity index (χ4n) is 4.62. The van der Waals surface area contributed by atoms with Crippen LogP contribution in [0.1, 0.15) is 27.2 Å². The number of hydrogen-bond donors (Lipinski definition) is 0. The highest BCUT2D eigenvalue weighted by Crippen LogP contribution is 2.58. The second-order valence-electron chi connectivity index (χ2n) is 6.59. The van der Waals surface area contributed by atoms with E-state index < -0.39 is 0 Å². The van der Waals surface area contributed by atoms with Crippen molar-refractivity contribution in [3.05, 3.63) is 47.5 Å². The lowest BCUT2D eigenvalue weighted by Gasteiger charge is -2.42. The number of methoxy groups -OCH3 is 1. The van der Waals surface area contributed by atoms with Gasteiger partial charge in [0.15, 0.2) is 0 Å². The summed E-state index contributed by atoms with van der Waals surface area (Å²) in [6.45, 7) is 6.45. The van der Waals surface area contributed by atoms with Crippen LogP contribution >= 0.6 is 11.8 Å². The van der Waals surface area contributed by atoms with Crippen molar-refractivity contribution in [2.45, 2.75) is 37.8 Å². The highest BCUT2D eigenvalue weighted by molar-refractivity contribution is 7.99. The Balaban J connectivity index is 2.10. The maximum Gasteiger partial charge on any atom is 0.354 e. The maximum atomic E-state index is 6.16. The molecule has 0 aromatic carbocycles. The molecule has 0 N–H and O–H groups in total. The van der Waals surface area contributed by atoms with Crippen LogP contribution in [0.4, 0.5) is 5.95 Å². The Morgan fingerprint density at radius 1 is 1.32 bits per heavy atom. The number of thioether (sulfide) groups is 1. The van der Waals surface area contributed by atoms with E-state index in [1.165, 1.54) is 11.3 Å². The minimum Gasteiger partial charge on any atom is -0.496 e. The van der Waals surface area contributed by atoms with Crippen molar-refractivity contribution in [2.24, 2.45) is 0 Å². The number of ether oxygens (including phenoxy) is 1. The van der Waals surface area contributed by atoms with Crippen molar-refractivity contribution in [3.8, 4) is 0 Å². The Morgan fingerprint density at radius 3 is 2.80 bits per heavy atom. The Kier molecular flexibility index (Phi) is 3.76. The van der Waals surface area contributed by atoms with E-state index in [1.807, 2.05) is 12.3 Å². The molecule has 3 aliphatic rings. The molecule has 25 heavy (non-hydrogen) atoms. The van der Waals surface area contributed by atoms with Crippen LogP contribution in [0.15, 0.2) is 52.6 Å². The topological polar surface area (TPSA) is 36.3 Å². The second-order valence-corrected chi connectivity index (χ2v) is 7.88. The van der Waals surface area contributed by atoms with Crippen molar-refractivity contribution in [3.63, 3.8) is 0 Å². The first-order valence-corrected chi connectivity index (χ1v) is 9.53. The molecule has 0 amide bonds. The third kappa shape index (κ3) is 1.85. The molecule has 0 fully saturated rings. The van der Waals surface area contributed by atoms with Gasteiger partial charge in [0.2, 0.25) is 5.54 Å². The van der Waals surface area contributed by atoms with Gasteiger partial charge in [0.05, 0.1) is 20.4 Å². The third-order valence-corrected chi connectivity index (χ3v) is 6.29. The van der Waals surface area contributed by atoms with E-state index in [2.05, 4.69) is 43.7 Å². The zero-order valence-corrected chi connectivity index (χ0v) is 16.2. The predicted octanol–water partition coefficient (Wildman–Crippen LogP) is 4.25. The number of quaternary nitrogens is 1. The van der Waals surface area contributed by atoms with E-state index in [9.17, 15) is 0 Å². The molecule has 1 aromatic rings. The first kappa shape index (κ1) is 16.7. The number of hydroxylamine groups is 2. The summed E-state index contributed by atoms with van der Waals surface area (Å²) in [5, 5.41) is 1.15. The van der Waals surface area contributed by atoms with Gasteiger partial charge in [-0.2, -0.15) is 9.82 Å². The SMILES string of the molecule is CCSc1cnc2n1C1=C(C)C(OC)=C(C)CC13C=CC=C[N+]23OC. The summed E-state index contributed by atoms with van der Waals surface area (Å²) in [6, 6.07) is 0. The van der Waals surface area contributed by atoms with Gasteiger partial charge in [-0.25, -0.2) is 4.57 Å². The molecular formula is C19H24N3O2S+. The number of imidazole rings is 1. The number of allylic oxidation sites excluding steroid dienone is 3. The molecule has 0 radical (unpaired) electrons.